The number of nitrogens with one attached hydrogen (secondary N) is 2. The van der Waals surface area contributed by atoms with Crippen molar-refractivity contribution in [2.75, 3.05) is 5.43 Å². The van der Waals surface area contributed by atoms with Crippen LogP contribution in [0.2, 0.25) is 0 Å². The Bertz CT molecular complexity index is 461. The van der Waals surface area contributed by atoms with Crippen LogP contribution in [0.25, 0.3) is 0 Å². The molecule has 1 amide bonds. The molecule has 1 heterocycles. The van der Waals surface area contributed by atoms with E-state index in [4.69, 9.17) is 5.84 Å². The Morgan fingerprint density at radius 3 is 2.85 bits per heavy atom. The number of hydrogen-bond acceptors (Lipinski definition) is 4. The van der Waals surface area contributed by atoms with E-state index in [1.807, 2.05) is 0 Å². The molecule has 0 aliphatic heterocycles. The lowest BCUT2D eigenvalue weighted by molar-refractivity contribution is 0.0889. The molecule has 2 unspecified atom stereocenters. The molecule has 2 rings (SSSR count). The molecule has 5 heteroatoms. The predicted molar refractivity (Wildman–Crippen MR) is 80.1 cm³/mol. The summed E-state index contributed by atoms with van der Waals surface area (Å²) in [6.07, 6.45) is 6.31. The van der Waals surface area contributed by atoms with Gasteiger partial charge < -0.3 is 10.7 Å². The fourth-order valence-electron chi connectivity index (χ4n) is 3.09. The summed E-state index contributed by atoms with van der Waals surface area (Å²) in [7, 11) is 0. The summed E-state index contributed by atoms with van der Waals surface area (Å²) in [5.74, 6) is 6.87. The fourth-order valence-corrected chi connectivity index (χ4v) is 3.09. The van der Waals surface area contributed by atoms with Gasteiger partial charge in [0.05, 0.1) is 5.56 Å². The van der Waals surface area contributed by atoms with Crippen LogP contribution >= 0.6 is 0 Å². The molecular formula is C15H24N4O. The van der Waals surface area contributed by atoms with Crippen LogP contribution in [0, 0.1) is 11.8 Å². The van der Waals surface area contributed by atoms with Crippen LogP contribution in [0.1, 0.15) is 49.9 Å². The molecule has 0 spiro atoms. The minimum absolute atomic E-state index is 0.0939. The number of pyridine rings is 1. The van der Waals surface area contributed by atoms with E-state index < -0.39 is 0 Å². The number of hydrazine groups is 1. The van der Waals surface area contributed by atoms with Gasteiger partial charge in [-0.05, 0) is 36.8 Å². The number of nitrogen functional groups attached to an aromatic ring is 1. The van der Waals surface area contributed by atoms with Crippen LogP contribution in [-0.4, -0.2) is 16.9 Å². The molecule has 0 radical (unpaired) electrons. The molecule has 1 aliphatic rings. The lowest BCUT2D eigenvalue weighted by atomic mass is 9.78. The third-order valence-electron chi connectivity index (χ3n) is 4.18. The number of amides is 1. The monoisotopic (exact) mass is 276 g/mol. The fraction of sp³-hybridized carbons (Fsp3) is 0.600. The van der Waals surface area contributed by atoms with Gasteiger partial charge >= 0.3 is 0 Å². The van der Waals surface area contributed by atoms with Gasteiger partial charge in [-0.2, -0.15) is 0 Å². The minimum Gasteiger partial charge on any atom is -0.349 e. The van der Waals surface area contributed by atoms with Crippen molar-refractivity contribution >= 4 is 11.7 Å². The van der Waals surface area contributed by atoms with Crippen LogP contribution in [-0.2, 0) is 0 Å². The summed E-state index contributed by atoms with van der Waals surface area (Å²) in [5.41, 5.74) is 2.98. The van der Waals surface area contributed by atoms with Crippen molar-refractivity contribution in [1.29, 1.82) is 0 Å². The van der Waals surface area contributed by atoms with Crippen molar-refractivity contribution in [2.45, 2.75) is 45.6 Å². The van der Waals surface area contributed by atoms with E-state index in [1.54, 1.807) is 18.3 Å². The maximum atomic E-state index is 12.4. The van der Waals surface area contributed by atoms with Crippen molar-refractivity contribution in [1.82, 2.24) is 10.3 Å². The summed E-state index contributed by atoms with van der Waals surface area (Å²) >= 11 is 0. The van der Waals surface area contributed by atoms with E-state index in [0.29, 0.717) is 23.2 Å². The topological polar surface area (TPSA) is 80.0 Å². The molecule has 20 heavy (non-hydrogen) atoms. The number of carbonyl (C=O) groups excluding carboxylic acids is 1. The lowest BCUT2D eigenvalue weighted by Gasteiger charge is -2.35. The summed E-state index contributed by atoms with van der Waals surface area (Å²) in [6, 6.07) is 3.74. The summed E-state index contributed by atoms with van der Waals surface area (Å²) in [6.45, 7) is 4.46. The van der Waals surface area contributed by atoms with E-state index >= 15 is 0 Å². The number of nitrogens with zero attached hydrogens (tertiary/aromatic N) is 1. The molecule has 1 fully saturated rings. The molecule has 0 bridgehead atoms. The molecule has 5 nitrogen and oxygen atoms in total. The largest absolute Gasteiger partial charge is 0.349 e. The Kier molecular flexibility index (Phi) is 4.95. The molecule has 1 aromatic heterocycles. The molecule has 1 aliphatic carbocycles. The van der Waals surface area contributed by atoms with Crippen molar-refractivity contribution in [3.8, 4) is 0 Å². The maximum absolute atomic E-state index is 12.4. The highest BCUT2D eigenvalue weighted by molar-refractivity contribution is 5.98. The Morgan fingerprint density at radius 2 is 2.15 bits per heavy atom. The zero-order valence-corrected chi connectivity index (χ0v) is 12.2. The van der Waals surface area contributed by atoms with Gasteiger partial charge in [-0.15, -0.1) is 0 Å². The molecule has 0 aromatic carbocycles. The van der Waals surface area contributed by atoms with Crippen molar-refractivity contribution in [3.05, 3.63) is 23.9 Å². The molecule has 4 N–H and O–H groups in total. The first-order valence-electron chi connectivity index (χ1n) is 7.36. The van der Waals surface area contributed by atoms with Gasteiger partial charge in [0.1, 0.15) is 0 Å². The van der Waals surface area contributed by atoms with Gasteiger partial charge in [0.25, 0.3) is 5.91 Å². The molecular weight excluding hydrogens is 252 g/mol. The van der Waals surface area contributed by atoms with Crippen molar-refractivity contribution < 1.29 is 4.79 Å². The average molecular weight is 276 g/mol. The third-order valence-corrected chi connectivity index (χ3v) is 4.18. The number of hydrogen-bond donors (Lipinski definition) is 3. The minimum atomic E-state index is -0.0939. The Balaban J connectivity index is 2.10. The summed E-state index contributed by atoms with van der Waals surface area (Å²) < 4.78 is 0. The van der Waals surface area contributed by atoms with Gasteiger partial charge in [0.15, 0.2) is 5.82 Å². The van der Waals surface area contributed by atoms with Crippen LogP contribution in [0.4, 0.5) is 5.82 Å². The Hall–Kier alpha value is -1.62. The number of carbonyl (C=O) groups is 1. The van der Waals surface area contributed by atoms with Crippen molar-refractivity contribution in [3.63, 3.8) is 0 Å². The van der Waals surface area contributed by atoms with E-state index in [-0.39, 0.29) is 11.9 Å². The van der Waals surface area contributed by atoms with Gasteiger partial charge in [-0.3, -0.25) is 4.79 Å². The normalized spacial score (nSPS) is 22.6. The van der Waals surface area contributed by atoms with Crippen LogP contribution in [0.5, 0.6) is 0 Å². The quantitative estimate of drug-likeness (QED) is 0.582. The molecule has 1 saturated carbocycles. The Labute approximate surface area is 120 Å². The lowest BCUT2D eigenvalue weighted by Crippen LogP contribution is -2.44. The number of rotatable bonds is 4. The number of nitrogens with two attached hydrogens (primary N) is 1. The van der Waals surface area contributed by atoms with E-state index in [0.717, 1.165) is 6.42 Å². The third kappa shape index (κ3) is 3.28. The van der Waals surface area contributed by atoms with Crippen LogP contribution < -0.4 is 16.6 Å². The first-order chi connectivity index (χ1) is 9.63. The highest BCUT2D eigenvalue weighted by Gasteiger charge is 2.29. The first kappa shape index (κ1) is 14.8. The molecule has 1 aromatic rings. The standard InChI is InChI=1S/C15H24N4O/c1-10(2)11-6-3-4-8-13(11)18-15(20)12-7-5-9-17-14(12)19-16/h5,7,9-11,13H,3-4,6,8,16H2,1-2H3,(H,17,19)(H,18,20). The second kappa shape index (κ2) is 6.70. The highest BCUT2D eigenvalue weighted by Crippen LogP contribution is 2.30. The van der Waals surface area contributed by atoms with E-state index in [9.17, 15) is 4.79 Å². The summed E-state index contributed by atoms with van der Waals surface area (Å²) in [4.78, 5) is 16.5. The van der Waals surface area contributed by atoms with Crippen LogP contribution in [0.3, 0.4) is 0 Å². The second-order valence-corrected chi connectivity index (χ2v) is 5.82. The number of aromatic nitrogens is 1. The van der Waals surface area contributed by atoms with E-state index in [2.05, 4.69) is 29.6 Å². The smallest absolute Gasteiger partial charge is 0.255 e. The number of anilines is 1. The predicted octanol–water partition coefficient (Wildman–Crippen LogP) is 2.31. The average Bonchev–Trinajstić information content (AvgIpc) is 2.47. The first-order valence-corrected chi connectivity index (χ1v) is 7.36. The molecule has 2 atom stereocenters. The van der Waals surface area contributed by atoms with Gasteiger partial charge in [-0.1, -0.05) is 26.7 Å². The van der Waals surface area contributed by atoms with Crippen molar-refractivity contribution in [2.24, 2.45) is 17.7 Å². The zero-order chi connectivity index (χ0) is 14.5. The zero-order valence-electron chi connectivity index (χ0n) is 12.2. The second-order valence-electron chi connectivity index (χ2n) is 5.82. The molecule has 0 saturated heterocycles. The SMILES string of the molecule is CC(C)C1CCCCC1NC(=O)c1cccnc1NN. The van der Waals surface area contributed by atoms with Gasteiger partial charge in [0, 0.05) is 12.2 Å². The van der Waals surface area contributed by atoms with Gasteiger partial charge in [-0.25, -0.2) is 10.8 Å². The highest BCUT2D eigenvalue weighted by atomic mass is 16.1. The summed E-state index contributed by atoms with van der Waals surface area (Å²) in [5, 5.41) is 3.17. The van der Waals surface area contributed by atoms with Gasteiger partial charge in [0.2, 0.25) is 0 Å². The maximum Gasteiger partial charge on any atom is 0.255 e. The Morgan fingerprint density at radius 1 is 1.40 bits per heavy atom. The van der Waals surface area contributed by atoms with E-state index in [1.165, 1.54) is 19.3 Å². The molecule has 110 valence electrons. The van der Waals surface area contributed by atoms with Crippen LogP contribution in [0.15, 0.2) is 18.3 Å².